The van der Waals surface area contributed by atoms with Crippen molar-refractivity contribution in [3.05, 3.63) is 82.4 Å². The molecule has 2 aliphatic rings. The number of phenolic OH excluding ortho intramolecular Hbond substituents is 1. The summed E-state index contributed by atoms with van der Waals surface area (Å²) in [5.74, 6) is 0.0582. The Bertz CT molecular complexity index is 1760. The highest BCUT2D eigenvalue weighted by Crippen LogP contribution is 2.41. The number of amides is 1. The minimum atomic E-state index is -0.565. The van der Waals surface area contributed by atoms with Gasteiger partial charge in [-0.05, 0) is 81.1 Å². The highest BCUT2D eigenvalue weighted by atomic mass is 35.5. The van der Waals surface area contributed by atoms with Crippen molar-refractivity contribution in [3.8, 4) is 33.7 Å². The van der Waals surface area contributed by atoms with E-state index in [0.29, 0.717) is 41.3 Å². The first-order chi connectivity index (χ1) is 20.4. The van der Waals surface area contributed by atoms with Gasteiger partial charge in [-0.3, -0.25) is 9.47 Å². The molecule has 2 saturated heterocycles. The van der Waals surface area contributed by atoms with Crippen molar-refractivity contribution in [2.24, 2.45) is 7.05 Å². The molecule has 2 aliphatic heterocycles. The van der Waals surface area contributed by atoms with Crippen molar-refractivity contribution >= 4 is 23.5 Å². The van der Waals surface area contributed by atoms with Crippen LogP contribution in [0.4, 0.5) is 15.0 Å². The molecule has 4 aromatic rings. The first-order valence-electron chi connectivity index (χ1n) is 14.2. The number of hydrogen-bond donors (Lipinski definition) is 1. The van der Waals surface area contributed by atoms with Crippen LogP contribution < -0.4 is 10.6 Å². The monoisotopic (exact) mass is 605 g/mol. The Kier molecular flexibility index (Phi) is 7.20. The number of carbonyl (C=O) groups excluding carboxylic acids is 1. The third-order valence-corrected chi connectivity index (χ3v) is 8.31. The maximum Gasteiger partial charge on any atom is 0.410 e. The molecule has 43 heavy (non-hydrogen) atoms. The predicted octanol–water partition coefficient (Wildman–Crippen LogP) is 5.99. The van der Waals surface area contributed by atoms with Crippen LogP contribution in [0.3, 0.4) is 0 Å². The van der Waals surface area contributed by atoms with Crippen LogP contribution in [-0.4, -0.2) is 61.0 Å². The van der Waals surface area contributed by atoms with Crippen LogP contribution in [0, 0.1) is 5.82 Å². The lowest BCUT2D eigenvalue weighted by Crippen LogP contribution is -2.57. The van der Waals surface area contributed by atoms with Crippen molar-refractivity contribution in [1.82, 2.24) is 19.0 Å². The summed E-state index contributed by atoms with van der Waals surface area (Å²) in [4.78, 5) is 33.9. The van der Waals surface area contributed by atoms with E-state index in [4.69, 9.17) is 16.3 Å². The van der Waals surface area contributed by atoms with Crippen molar-refractivity contribution in [1.29, 1.82) is 0 Å². The molecule has 1 N–H and O–H groups in total. The highest BCUT2D eigenvalue weighted by Gasteiger charge is 2.44. The first-order valence-corrected chi connectivity index (χ1v) is 14.6. The molecule has 11 heteroatoms. The summed E-state index contributed by atoms with van der Waals surface area (Å²) in [6.07, 6.45) is 6.36. The molecule has 2 aromatic carbocycles. The van der Waals surface area contributed by atoms with Crippen LogP contribution in [-0.2, 0) is 11.8 Å². The molecule has 224 valence electrons. The Hall–Kier alpha value is -4.31. The molecule has 2 aromatic heterocycles. The van der Waals surface area contributed by atoms with Gasteiger partial charge in [-0.2, -0.15) is 0 Å². The van der Waals surface area contributed by atoms with E-state index in [9.17, 15) is 14.7 Å². The van der Waals surface area contributed by atoms with Gasteiger partial charge in [0.15, 0.2) is 0 Å². The fourth-order valence-electron chi connectivity index (χ4n) is 6.02. The van der Waals surface area contributed by atoms with Crippen LogP contribution in [0.2, 0.25) is 5.02 Å². The zero-order valence-corrected chi connectivity index (χ0v) is 25.2. The molecule has 0 saturated carbocycles. The third kappa shape index (κ3) is 5.47. The number of anilines is 1. The molecule has 2 fully saturated rings. The Morgan fingerprint density at radius 2 is 1.67 bits per heavy atom. The van der Waals surface area contributed by atoms with E-state index in [1.807, 2.05) is 31.7 Å². The molecule has 0 aliphatic carbocycles. The van der Waals surface area contributed by atoms with E-state index in [2.05, 4.69) is 9.88 Å². The molecule has 0 spiro atoms. The lowest BCUT2D eigenvalue weighted by molar-refractivity contribution is 0.0122. The molecule has 0 radical (unpaired) electrons. The molecular weight excluding hydrogens is 573 g/mol. The zero-order chi connectivity index (χ0) is 30.6. The first kappa shape index (κ1) is 28.8. The van der Waals surface area contributed by atoms with Crippen LogP contribution >= 0.6 is 11.6 Å². The summed E-state index contributed by atoms with van der Waals surface area (Å²) in [5, 5.41) is 11.6. The number of aromatic nitrogens is 3. The Labute approximate surface area is 253 Å². The second-order valence-corrected chi connectivity index (χ2v) is 12.6. The van der Waals surface area contributed by atoms with Gasteiger partial charge in [0, 0.05) is 49.9 Å². The molecule has 6 rings (SSSR count). The number of aryl methyl sites for hydroxylation is 1. The molecule has 4 heterocycles. The fourth-order valence-corrected chi connectivity index (χ4v) is 6.29. The number of fused-ring (bicyclic) bond motifs is 2. The van der Waals surface area contributed by atoms with Crippen LogP contribution in [0.5, 0.6) is 5.75 Å². The summed E-state index contributed by atoms with van der Waals surface area (Å²) < 4.78 is 23.5. The van der Waals surface area contributed by atoms with Crippen molar-refractivity contribution in [2.45, 2.75) is 51.3 Å². The SMILES string of the molecule is Cn1ccn(-c2ccc(-c3cc(F)cc(-c4ccnc(N5CC6CCC(C5)N6C(=O)OC(C)(C)C)c4)c3O)cc2Cl)c1=O. The maximum atomic E-state index is 15.0. The molecule has 2 bridgehead atoms. The van der Waals surface area contributed by atoms with E-state index in [1.165, 1.54) is 21.3 Å². The number of aromatic hydroxyl groups is 1. The summed E-state index contributed by atoms with van der Waals surface area (Å²) in [6.45, 7) is 6.79. The quantitative estimate of drug-likeness (QED) is 0.307. The van der Waals surface area contributed by atoms with E-state index >= 15 is 4.39 Å². The summed E-state index contributed by atoms with van der Waals surface area (Å²) in [6, 6.07) is 11.1. The molecule has 2 atom stereocenters. The summed E-state index contributed by atoms with van der Waals surface area (Å²) >= 11 is 6.55. The Morgan fingerprint density at radius 3 is 2.26 bits per heavy atom. The minimum Gasteiger partial charge on any atom is -0.507 e. The normalized spacial score (nSPS) is 18.3. The van der Waals surface area contributed by atoms with Crippen molar-refractivity contribution in [3.63, 3.8) is 0 Å². The number of imidazole rings is 1. The van der Waals surface area contributed by atoms with Gasteiger partial charge in [0.05, 0.1) is 22.8 Å². The van der Waals surface area contributed by atoms with Gasteiger partial charge in [0.2, 0.25) is 0 Å². The minimum absolute atomic E-state index is 0.00712. The van der Waals surface area contributed by atoms with Crippen LogP contribution in [0.15, 0.2) is 65.8 Å². The lowest BCUT2D eigenvalue weighted by Gasteiger charge is -2.41. The number of benzene rings is 2. The van der Waals surface area contributed by atoms with Crippen molar-refractivity contribution < 1.29 is 19.0 Å². The van der Waals surface area contributed by atoms with Crippen LogP contribution in [0.25, 0.3) is 27.9 Å². The average molecular weight is 606 g/mol. The van der Waals surface area contributed by atoms with Crippen LogP contribution in [0.1, 0.15) is 33.6 Å². The van der Waals surface area contributed by atoms with E-state index in [0.717, 1.165) is 12.8 Å². The average Bonchev–Trinajstić information content (AvgIpc) is 3.42. The fraction of sp³-hybridized carbons (Fsp3) is 0.344. The zero-order valence-electron chi connectivity index (χ0n) is 24.4. The Balaban J connectivity index is 1.28. The molecule has 9 nitrogen and oxygen atoms in total. The predicted molar refractivity (Wildman–Crippen MR) is 163 cm³/mol. The molecule has 1 amide bonds. The lowest BCUT2D eigenvalue weighted by atomic mass is 9.97. The molecular formula is C32H33ClFN5O4. The second kappa shape index (κ2) is 10.8. The highest BCUT2D eigenvalue weighted by molar-refractivity contribution is 6.32. The van der Waals surface area contributed by atoms with Gasteiger partial charge in [0.1, 0.15) is 23.0 Å². The van der Waals surface area contributed by atoms with E-state index in [1.54, 1.807) is 49.9 Å². The van der Waals surface area contributed by atoms with Gasteiger partial charge in [0.25, 0.3) is 0 Å². The maximum absolute atomic E-state index is 15.0. The standard InChI is InChI=1S/C32H33ClFN5O4/c1-32(2,3)43-31(42)39-22-6-7-23(39)18-37(17-22)28-14-20(9-10-35-28)25-16-21(34)15-24(29(25)40)19-5-8-27(26(33)13-19)38-12-11-36(4)30(38)41/h5,8-16,22-23,40H,6-7,17-18H2,1-4H3. The Morgan fingerprint density at radius 1 is 1.02 bits per heavy atom. The smallest absolute Gasteiger partial charge is 0.410 e. The van der Waals surface area contributed by atoms with Gasteiger partial charge in [-0.1, -0.05) is 17.7 Å². The largest absolute Gasteiger partial charge is 0.507 e. The topological polar surface area (TPSA) is 92.8 Å². The number of phenols is 1. The number of ether oxygens (including phenoxy) is 1. The van der Waals surface area contributed by atoms with Crippen molar-refractivity contribution in [2.75, 3.05) is 18.0 Å². The number of nitrogens with zero attached hydrogens (tertiary/aromatic N) is 5. The number of piperazine rings is 1. The number of rotatable bonds is 4. The summed E-state index contributed by atoms with van der Waals surface area (Å²) in [5.41, 5.74) is 1.35. The number of hydrogen-bond acceptors (Lipinski definition) is 6. The van der Waals surface area contributed by atoms with Gasteiger partial charge < -0.3 is 19.3 Å². The number of carbonyl (C=O) groups is 1. The van der Waals surface area contributed by atoms with Gasteiger partial charge in [-0.25, -0.2) is 19.0 Å². The van der Waals surface area contributed by atoms with Gasteiger partial charge >= 0.3 is 11.8 Å². The third-order valence-electron chi connectivity index (χ3n) is 8.01. The second-order valence-electron chi connectivity index (χ2n) is 12.2. The van der Waals surface area contributed by atoms with E-state index < -0.39 is 11.4 Å². The number of pyridine rings is 1. The number of halogens is 2. The van der Waals surface area contributed by atoms with Gasteiger partial charge in [-0.15, -0.1) is 0 Å². The van der Waals surface area contributed by atoms with E-state index in [-0.39, 0.29) is 40.2 Å². The molecule has 2 unspecified atom stereocenters. The summed E-state index contributed by atoms with van der Waals surface area (Å²) in [7, 11) is 1.65.